The largest absolute Gasteiger partial charge is 0.331 e. The third-order valence-corrected chi connectivity index (χ3v) is 2.37. The van der Waals surface area contributed by atoms with Gasteiger partial charge in [0.1, 0.15) is 5.82 Å². The van der Waals surface area contributed by atoms with Gasteiger partial charge in [0, 0.05) is 5.41 Å². The topological polar surface area (TPSA) is 58.2 Å². The summed E-state index contributed by atoms with van der Waals surface area (Å²) in [6, 6.07) is 5.23. The van der Waals surface area contributed by atoms with Crippen LogP contribution in [0, 0.1) is 11.2 Å². The van der Waals surface area contributed by atoms with E-state index < -0.39 is 17.3 Å². The summed E-state index contributed by atoms with van der Waals surface area (Å²) in [6.07, 6.45) is 0. The highest BCUT2D eigenvalue weighted by molar-refractivity contribution is 5.94. The SMILES string of the molecule is CC(C)(C)C(=O)CNC(=O)Nc1ccccc1F. The molecule has 0 saturated heterocycles. The minimum absolute atomic E-state index is 0.0796. The molecule has 0 radical (unpaired) electrons. The van der Waals surface area contributed by atoms with Crippen molar-refractivity contribution in [1.29, 1.82) is 0 Å². The maximum Gasteiger partial charge on any atom is 0.319 e. The number of para-hydroxylation sites is 1. The van der Waals surface area contributed by atoms with Crippen molar-refractivity contribution in [3.63, 3.8) is 0 Å². The number of Topliss-reactive ketones (excluding diaryl/α,β-unsaturated/α-hetero) is 1. The summed E-state index contributed by atoms with van der Waals surface area (Å²) >= 11 is 0. The third kappa shape index (κ3) is 4.16. The Morgan fingerprint density at radius 1 is 1.22 bits per heavy atom. The molecule has 1 rings (SSSR count). The van der Waals surface area contributed by atoms with Gasteiger partial charge >= 0.3 is 6.03 Å². The van der Waals surface area contributed by atoms with Crippen molar-refractivity contribution < 1.29 is 14.0 Å². The summed E-state index contributed by atoms with van der Waals surface area (Å²) in [5, 5.41) is 4.74. The van der Waals surface area contributed by atoms with Gasteiger partial charge in [0.15, 0.2) is 5.78 Å². The molecule has 0 aliphatic carbocycles. The Labute approximate surface area is 106 Å². The fourth-order valence-corrected chi connectivity index (χ4v) is 1.15. The van der Waals surface area contributed by atoms with Crippen LogP contribution in [-0.4, -0.2) is 18.4 Å². The summed E-state index contributed by atoms with van der Waals surface area (Å²) in [5.74, 6) is -0.610. The average Bonchev–Trinajstić information content (AvgIpc) is 2.27. The highest BCUT2D eigenvalue weighted by Crippen LogP contribution is 2.14. The van der Waals surface area contributed by atoms with Gasteiger partial charge in [-0.25, -0.2) is 9.18 Å². The van der Waals surface area contributed by atoms with Crippen molar-refractivity contribution >= 4 is 17.5 Å². The zero-order chi connectivity index (χ0) is 13.8. The first kappa shape index (κ1) is 14.2. The zero-order valence-electron chi connectivity index (χ0n) is 10.7. The standard InChI is InChI=1S/C13H17FN2O2/c1-13(2,3)11(17)8-15-12(18)16-10-7-5-4-6-9(10)14/h4-7H,8H2,1-3H3,(H2,15,16,18). The highest BCUT2D eigenvalue weighted by atomic mass is 19.1. The first-order chi connectivity index (χ1) is 8.30. The Morgan fingerprint density at radius 3 is 2.39 bits per heavy atom. The molecule has 0 fully saturated rings. The second-order valence-corrected chi connectivity index (χ2v) is 4.96. The van der Waals surface area contributed by atoms with Gasteiger partial charge in [-0.15, -0.1) is 0 Å². The molecular formula is C13H17FN2O2. The van der Waals surface area contributed by atoms with Crippen LogP contribution in [0.25, 0.3) is 0 Å². The second kappa shape index (κ2) is 5.62. The van der Waals surface area contributed by atoms with Gasteiger partial charge in [-0.05, 0) is 12.1 Å². The molecule has 4 nitrogen and oxygen atoms in total. The molecule has 1 aromatic rings. The van der Waals surface area contributed by atoms with Crippen LogP contribution in [0.5, 0.6) is 0 Å². The highest BCUT2D eigenvalue weighted by Gasteiger charge is 2.21. The van der Waals surface area contributed by atoms with Gasteiger partial charge < -0.3 is 10.6 Å². The van der Waals surface area contributed by atoms with E-state index in [0.717, 1.165) is 0 Å². The van der Waals surface area contributed by atoms with Crippen LogP contribution in [0.4, 0.5) is 14.9 Å². The van der Waals surface area contributed by atoms with E-state index in [9.17, 15) is 14.0 Å². The first-order valence-electron chi connectivity index (χ1n) is 5.63. The number of urea groups is 1. The van der Waals surface area contributed by atoms with Crippen molar-refractivity contribution in [2.75, 3.05) is 11.9 Å². The molecule has 1 aromatic carbocycles. The molecule has 0 unspecified atom stereocenters. The number of halogens is 1. The van der Waals surface area contributed by atoms with E-state index in [1.807, 2.05) is 0 Å². The Morgan fingerprint density at radius 2 is 1.83 bits per heavy atom. The maximum atomic E-state index is 13.2. The van der Waals surface area contributed by atoms with Crippen LogP contribution < -0.4 is 10.6 Å². The van der Waals surface area contributed by atoms with Gasteiger partial charge in [-0.3, -0.25) is 4.79 Å². The number of hydrogen-bond donors (Lipinski definition) is 2. The van der Waals surface area contributed by atoms with E-state index >= 15 is 0 Å². The van der Waals surface area contributed by atoms with E-state index in [0.29, 0.717) is 0 Å². The Bertz CT molecular complexity index is 453. The van der Waals surface area contributed by atoms with Crippen LogP contribution in [0.1, 0.15) is 20.8 Å². The minimum atomic E-state index is -0.599. The van der Waals surface area contributed by atoms with Crippen LogP contribution >= 0.6 is 0 Å². The molecule has 0 aliphatic rings. The molecule has 0 aliphatic heterocycles. The molecule has 0 atom stereocenters. The lowest BCUT2D eigenvalue weighted by Crippen LogP contribution is -2.37. The van der Waals surface area contributed by atoms with Gasteiger partial charge in [-0.2, -0.15) is 0 Å². The minimum Gasteiger partial charge on any atom is -0.331 e. The lowest BCUT2D eigenvalue weighted by atomic mass is 9.91. The number of carbonyl (C=O) groups is 2. The van der Waals surface area contributed by atoms with Crippen LogP contribution in [-0.2, 0) is 4.79 Å². The number of nitrogens with one attached hydrogen (secondary N) is 2. The van der Waals surface area contributed by atoms with E-state index in [1.165, 1.54) is 18.2 Å². The number of carbonyl (C=O) groups excluding carboxylic acids is 2. The Balaban J connectivity index is 2.49. The van der Waals surface area contributed by atoms with Crippen LogP contribution in [0.2, 0.25) is 0 Å². The fraction of sp³-hybridized carbons (Fsp3) is 0.385. The van der Waals surface area contributed by atoms with Crippen molar-refractivity contribution in [2.24, 2.45) is 5.41 Å². The normalized spacial score (nSPS) is 10.9. The molecule has 0 saturated carbocycles. The van der Waals surface area contributed by atoms with Crippen molar-refractivity contribution in [2.45, 2.75) is 20.8 Å². The predicted octanol–water partition coefficient (Wildman–Crippen LogP) is 2.56. The summed E-state index contributed by atoms with van der Waals surface area (Å²) in [5.41, 5.74) is -0.427. The smallest absolute Gasteiger partial charge is 0.319 e. The van der Waals surface area contributed by atoms with Crippen LogP contribution in [0.15, 0.2) is 24.3 Å². The third-order valence-electron chi connectivity index (χ3n) is 2.37. The monoisotopic (exact) mass is 252 g/mol. The number of rotatable bonds is 3. The maximum absolute atomic E-state index is 13.2. The molecule has 0 aromatic heterocycles. The molecule has 2 N–H and O–H groups in total. The van der Waals surface area contributed by atoms with Gasteiger partial charge in [0.05, 0.1) is 12.2 Å². The molecule has 18 heavy (non-hydrogen) atoms. The number of hydrogen-bond acceptors (Lipinski definition) is 2. The molecular weight excluding hydrogens is 235 g/mol. The Kier molecular flexibility index (Phi) is 4.42. The van der Waals surface area contributed by atoms with Crippen molar-refractivity contribution in [1.82, 2.24) is 5.32 Å². The summed E-state index contributed by atoms with van der Waals surface area (Å²) < 4.78 is 13.2. The first-order valence-corrected chi connectivity index (χ1v) is 5.63. The van der Waals surface area contributed by atoms with Crippen LogP contribution in [0.3, 0.4) is 0 Å². The quantitative estimate of drug-likeness (QED) is 0.868. The summed E-state index contributed by atoms with van der Waals surface area (Å²) in [7, 11) is 0. The van der Waals surface area contributed by atoms with E-state index in [2.05, 4.69) is 10.6 Å². The molecule has 0 bridgehead atoms. The Hall–Kier alpha value is -1.91. The predicted molar refractivity (Wildman–Crippen MR) is 67.9 cm³/mol. The van der Waals surface area contributed by atoms with Crippen molar-refractivity contribution in [3.8, 4) is 0 Å². The molecule has 0 spiro atoms. The fourth-order valence-electron chi connectivity index (χ4n) is 1.15. The number of anilines is 1. The molecule has 0 heterocycles. The lowest BCUT2D eigenvalue weighted by Gasteiger charge is -2.16. The van der Waals surface area contributed by atoms with E-state index in [-0.39, 0.29) is 18.0 Å². The molecule has 5 heteroatoms. The molecule has 2 amide bonds. The number of benzene rings is 1. The van der Waals surface area contributed by atoms with Gasteiger partial charge in [-0.1, -0.05) is 32.9 Å². The number of ketones is 1. The summed E-state index contributed by atoms with van der Waals surface area (Å²) in [6.45, 7) is 5.23. The van der Waals surface area contributed by atoms with E-state index in [4.69, 9.17) is 0 Å². The molecule has 98 valence electrons. The average molecular weight is 252 g/mol. The van der Waals surface area contributed by atoms with E-state index in [1.54, 1.807) is 26.8 Å². The van der Waals surface area contributed by atoms with Gasteiger partial charge in [0.25, 0.3) is 0 Å². The van der Waals surface area contributed by atoms with Crippen molar-refractivity contribution in [3.05, 3.63) is 30.1 Å². The zero-order valence-corrected chi connectivity index (χ0v) is 10.7. The second-order valence-electron chi connectivity index (χ2n) is 4.96. The summed E-state index contributed by atoms with van der Waals surface area (Å²) in [4.78, 5) is 23.0. The number of amides is 2. The lowest BCUT2D eigenvalue weighted by molar-refractivity contribution is -0.125. The van der Waals surface area contributed by atoms with Gasteiger partial charge in [0.2, 0.25) is 0 Å².